The number of anilines is 5. The number of hydrogen-bond acceptors (Lipinski definition) is 6. The zero-order valence-electron chi connectivity index (χ0n) is 15.9. The van der Waals surface area contributed by atoms with Gasteiger partial charge in [-0.2, -0.15) is 4.98 Å². The number of carbonyl (C=O) groups excluding carboxylic acids is 1. The molecule has 0 bridgehead atoms. The minimum atomic E-state index is 0.0517. The van der Waals surface area contributed by atoms with Crippen LogP contribution < -0.4 is 15.5 Å². The molecule has 0 spiro atoms. The molecule has 6 heteroatoms. The molecule has 142 valence electrons. The van der Waals surface area contributed by atoms with Crippen LogP contribution in [0.2, 0.25) is 0 Å². The van der Waals surface area contributed by atoms with Crippen molar-refractivity contribution < 1.29 is 4.79 Å². The van der Waals surface area contributed by atoms with Crippen LogP contribution in [-0.4, -0.2) is 28.8 Å². The van der Waals surface area contributed by atoms with Gasteiger partial charge in [-0.15, -0.1) is 0 Å². The first-order valence-corrected chi connectivity index (χ1v) is 9.50. The Bertz CT molecular complexity index is 947. The molecule has 0 amide bonds. The molecule has 4 rings (SSSR count). The van der Waals surface area contributed by atoms with E-state index in [4.69, 9.17) is 0 Å². The summed E-state index contributed by atoms with van der Waals surface area (Å²) < 4.78 is 0. The first-order valence-electron chi connectivity index (χ1n) is 9.50. The average molecular weight is 373 g/mol. The van der Waals surface area contributed by atoms with Crippen LogP contribution in [0.15, 0.2) is 60.8 Å². The maximum atomic E-state index is 11.4. The van der Waals surface area contributed by atoms with E-state index in [1.807, 2.05) is 12.1 Å². The largest absolute Gasteiger partial charge is 0.372 e. The molecule has 1 fully saturated rings. The van der Waals surface area contributed by atoms with Crippen molar-refractivity contribution >= 4 is 34.6 Å². The topological polar surface area (TPSA) is 70.2 Å². The van der Waals surface area contributed by atoms with Gasteiger partial charge in [0.1, 0.15) is 5.82 Å². The highest BCUT2D eigenvalue weighted by molar-refractivity contribution is 5.94. The minimum Gasteiger partial charge on any atom is -0.372 e. The Balaban J connectivity index is 1.42. The molecule has 3 aromatic rings. The molecule has 0 aliphatic carbocycles. The van der Waals surface area contributed by atoms with Gasteiger partial charge in [0.15, 0.2) is 5.78 Å². The van der Waals surface area contributed by atoms with Crippen molar-refractivity contribution in [1.29, 1.82) is 0 Å². The summed E-state index contributed by atoms with van der Waals surface area (Å²) in [4.78, 5) is 22.6. The summed E-state index contributed by atoms with van der Waals surface area (Å²) in [6.45, 7) is 3.83. The predicted octanol–water partition coefficient (Wildman–Crippen LogP) is 4.77. The molecule has 1 aliphatic rings. The number of carbonyl (C=O) groups is 1. The Morgan fingerprint density at radius 1 is 0.893 bits per heavy atom. The molecule has 0 radical (unpaired) electrons. The van der Waals surface area contributed by atoms with Crippen molar-refractivity contribution in [3.8, 4) is 0 Å². The summed E-state index contributed by atoms with van der Waals surface area (Å²) >= 11 is 0. The summed E-state index contributed by atoms with van der Waals surface area (Å²) in [7, 11) is 0. The smallest absolute Gasteiger partial charge is 0.229 e. The van der Waals surface area contributed by atoms with Crippen LogP contribution in [0.1, 0.15) is 30.1 Å². The second-order valence-corrected chi connectivity index (χ2v) is 6.89. The Morgan fingerprint density at radius 3 is 2.21 bits per heavy atom. The van der Waals surface area contributed by atoms with Crippen LogP contribution in [0.25, 0.3) is 0 Å². The lowest BCUT2D eigenvalue weighted by atomic mass is 10.1. The fraction of sp³-hybridized carbons (Fsp3) is 0.227. The maximum absolute atomic E-state index is 11.4. The molecule has 0 saturated carbocycles. The zero-order valence-corrected chi connectivity index (χ0v) is 15.9. The lowest BCUT2D eigenvalue weighted by Gasteiger charge is -2.17. The van der Waals surface area contributed by atoms with Crippen molar-refractivity contribution in [2.24, 2.45) is 0 Å². The first-order chi connectivity index (χ1) is 13.7. The Labute approximate surface area is 164 Å². The standard InChI is InChI=1S/C22H23N5O/c1-16(28)17-4-6-18(7-5-17)24-21-12-13-23-22(26-21)25-19-8-10-20(11-9-19)27-14-2-3-15-27/h4-13H,2-3,14-15H2,1H3,(H2,23,24,25,26). The van der Waals surface area contributed by atoms with E-state index in [1.54, 1.807) is 31.3 Å². The SMILES string of the molecule is CC(=O)c1ccc(Nc2ccnc(Nc3ccc(N4CCCC4)cc3)n2)cc1. The van der Waals surface area contributed by atoms with Gasteiger partial charge in [-0.1, -0.05) is 0 Å². The van der Waals surface area contributed by atoms with Gasteiger partial charge in [-0.25, -0.2) is 4.98 Å². The predicted molar refractivity (Wildman–Crippen MR) is 113 cm³/mol. The number of ketones is 1. The Kier molecular flexibility index (Phi) is 5.19. The summed E-state index contributed by atoms with van der Waals surface area (Å²) in [5.74, 6) is 1.26. The minimum absolute atomic E-state index is 0.0517. The van der Waals surface area contributed by atoms with Crippen LogP contribution in [0, 0.1) is 0 Å². The molecule has 0 atom stereocenters. The van der Waals surface area contributed by atoms with Crippen LogP contribution >= 0.6 is 0 Å². The van der Waals surface area contributed by atoms with Crippen LogP contribution in [-0.2, 0) is 0 Å². The van der Waals surface area contributed by atoms with Crippen LogP contribution in [0.3, 0.4) is 0 Å². The second kappa shape index (κ2) is 8.08. The van der Waals surface area contributed by atoms with Gasteiger partial charge in [0, 0.05) is 41.9 Å². The molecule has 1 saturated heterocycles. The highest BCUT2D eigenvalue weighted by Gasteiger charge is 2.12. The number of nitrogens with one attached hydrogen (secondary N) is 2. The van der Waals surface area contributed by atoms with E-state index >= 15 is 0 Å². The van der Waals surface area contributed by atoms with Crippen molar-refractivity contribution in [1.82, 2.24) is 9.97 Å². The van der Waals surface area contributed by atoms with Gasteiger partial charge in [0.05, 0.1) is 0 Å². The van der Waals surface area contributed by atoms with E-state index in [0.29, 0.717) is 17.3 Å². The molecule has 28 heavy (non-hydrogen) atoms. The second-order valence-electron chi connectivity index (χ2n) is 6.89. The summed E-state index contributed by atoms with van der Waals surface area (Å²) in [5.41, 5.74) is 3.76. The van der Waals surface area contributed by atoms with Gasteiger partial charge in [-0.05, 0) is 74.4 Å². The molecule has 2 heterocycles. The van der Waals surface area contributed by atoms with E-state index in [0.717, 1.165) is 24.5 Å². The Hall–Kier alpha value is -3.41. The average Bonchev–Trinajstić information content (AvgIpc) is 3.24. The molecular weight excluding hydrogens is 350 g/mol. The monoisotopic (exact) mass is 373 g/mol. The quantitative estimate of drug-likeness (QED) is 0.607. The third-order valence-electron chi connectivity index (χ3n) is 4.81. The van der Waals surface area contributed by atoms with E-state index in [-0.39, 0.29) is 5.78 Å². The lowest BCUT2D eigenvalue weighted by molar-refractivity contribution is 0.101. The fourth-order valence-corrected chi connectivity index (χ4v) is 3.28. The fourth-order valence-electron chi connectivity index (χ4n) is 3.28. The summed E-state index contributed by atoms with van der Waals surface area (Å²) in [5, 5.41) is 6.48. The van der Waals surface area contributed by atoms with Gasteiger partial charge < -0.3 is 15.5 Å². The molecule has 0 unspecified atom stereocenters. The number of Topliss-reactive ketones (excluding diaryl/α,β-unsaturated/α-hetero) is 1. The first kappa shape index (κ1) is 18.0. The third-order valence-corrected chi connectivity index (χ3v) is 4.81. The Morgan fingerprint density at radius 2 is 1.54 bits per heavy atom. The highest BCUT2D eigenvalue weighted by atomic mass is 16.1. The molecule has 1 aliphatic heterocycles. The number of rotatable bonds is 6. The normalized spacial score (nSPS) is 13.4. The third kappa shape index (κ3) is 4.28. The number of benzene rings is 2. The maximum Gasteiger partial charge on any atom is 0.229 e. The van der Waals surface area contributed by atoms with E-state index in [2.05, 4.69) is 49.8 Å². The van der Waals surface area contributed by atoms with Gasteiger partial charge in [0.2, 0.25) is 5.95 Å². The lowest BCUT2D eigenvalue weighted by Crippen LogP contribution is -2.17. The van der Waals surface area contributed by atoms with Crippen molar-refractivity contribution in [3.63, 3.8) is 0 Å². The zero-order chi connectivity index (χ0) is 19.3. The van der Waals surface area contributed by atoms with Gasteiger partial charge in [-0.3, -0.25) is 4.79 Å². The number of aromatic nitrogens is 2. The molecule has 1 aromatic heterocycles. The molecule has 2 aromatic carbocycles. The van der Waals surface area contributed by atoms with Crippen molar-refractivity contribution in [2.75, 3.05) is 28.6 Å². The summed E-state index contributed by atoms with van der Waals surface area (Å²) in [6, 6.07) is 17.5. The van der Waals surface area contributed by atoms with Crippen LogP contribution in [0.4, 0.5) is 28.8 Å². The van der Waals surface area contributed by atoms with E-state index < -0.39 is 0 Å². The van der Waals surface area contributed by atoms with Gasteiger partial charge in [0.25, 0.3) is 0 Å². The number of nitrogens with zero attached hydrogens (tertiary/aromatic N) is 3. The van der Waals surface area contributed by atoms with E-state index in [9.17, 15) is 4.79 Å². The molecule has 6 nitrogen and oxygen atoms in total. The van der Waals surface area contributed by atoms with Crippen molar-refractivity contribution in [2.45, 2.75) is 19.8 Å². The summed E-state index contributed by atoms with van der Waals surface area (Å²) in [6.07, 6.45) is 4.25. The van der Waals surface area contributed by atoms with Crippen LogP contribution in [0.5, 0.6) is 0 Å². The van der Waals surface area contributed by atoms with E-state index in [1.165, 1.54) is 18.5 Å². The van der Waals surface area contributed by atoms with Crippen molar-refractivity contribution in [3.05, 3.63) is 66.4 Å². The molecular formula is C22H23N5O. The van der Waals surface area contributed by atoms with Gasteiger partial charge >= 0.3 is 0 Å². The number of hydrogen-bond donors (Lipinski definition) is 2. The molecule has 2 N–H and O–H groups in total. The highest BCUT2D eigenvalue weighted by Crippen LogP contribution is 2.23.